The Bertz CT molecular complexity index is 1730. The lowest BCUT2D eigenvalue weighted by molar-refractivity contribution is -0.144. The van der Waals surface area contributed by atoms with Crippen molar-refractivity contribution in [3.05, 3.63) is 114 Å². The number of ether oxygens (including phenoxy) is 2. The first-order valence-electron chi connectivity index (χ1n) is 17.2. The second kappa shape index (κ2) is 14.8. The van der Waals surface area contributed by atoms with Crippen molar-refractivity contribution in [2.24, 2.45) is 11.8 Å². The molecule has 0 aliphatic carbocycles. The van der Waals surface area contributed by atoms with Crippen molar-refractivity contribution < 1.29 is 29.0 Å². The number of benzene rings is 3. The van der Waals surface area contributed by atoms with Crippen LogP contribution in [-0.2, 0) is 25.5 Å². The predicted molar refractivity (Wildman–Crippen MR) is 194 cm³/mol. The number of para-hydroxylation sites is 1. The zero-order valence-electron chi connectivity index (χ0n) is 28.5. The second-order valence-electron chi connectivity index (χ2n) is 13.1. The number of likely N-dealkylation sites (tertiary alicyclic amines) is 1. The van der Waals surface area contributed by atoms with Crippen molar-refractivity contribution in [3.63, 3.8) is 0 Å². The molecule has 3 amide bonds. The van der Waals surface area contributed by atoms with Crippen molar-refractivity contribution in [1.29, 1.82) is 0 Å². The third-order valence-corrected chi connectivity index (χ3v) is 10.6. The van der Waals surface area contributed by atoms with Crippen LogP contribution in [0.5, 0.6) is 5.75 Å². The van der Waals surface area contributed by atoms with Crippen molar-refractivity contribution >= 4 is 40.7 Å². The van der Waals surface area contributed by atoms with Crippen LogP contribution in [0.15, 0.2) is 98.1 Å². The first kappa shape index (κ1) is 35.4. The third-order valence-electron chi connectivity index (χ3n) is 10.2. The summed E-state index contributed by atoms with van der Waals surface area (Å²) in [6, 6.07) is 20.3. The van der Waals surface area contributed by atoms with Gasteiger partial charge in [0, 0.05) is 18.8 Å². The van der Waals surface area contributed by atoms with Crippen LogP contribution in [0.4, 0.5) is 11.4 Å². The normalized spacial score (nSPS) is 24.1. The minimum atomic E-state index is -1.30. The molecule has 3 fully saturated rings. The van der Waals surface area contributed by atoms with Gasteiger partial charge in [0.25, 0.3) is 5.91 Å². The molecule has 10 heteroatoms. The Kier molecular flexibility index (Phi) is 10.5. The number of aryl methyl sites for hydroxylation is 1. The van der Waals surface area contributed by atoms with E-state index in [0.717, 1.165) is 11.1 Å². The molecule has 0 aromatic heterocycles. The van der Waals surface area contributed by atoms with Crippen molar-refractivity contribution in [3.8, 4) is 5.75 Å². The molecule has 0 saturated carbocycles. The molecule has 3 heterocycles. The molecule has 3 saturated heterocycles. The molecular weight excluding hydrogens is 654 g/mol. The van der Waals surface area contributed by atoms with Gasteiger partial charge in [-0.25, -0.2) is 0 Å². The molecule has 3 aliphatic rings. The smallest absolute Gasteiger partial charge is 0.253 e. The third kappa shape index (κ3) is 6.12. The van der Waals surface area contributed by atoms with Gasteiger partial charge in [-0.1, -0.05) is 66.2 Å². The highest BCUT2D eigenvalue weighted by Crippen LogP contribution is 2.59. The summed E-state index contributed by atoms with van der Waals surface area (Å²) in [5, 5.41) is 11.3. The van der Waals surface area contributed by atoms with Crippen LogP contribution in [0.2, 0.25) is 5.02 Å². The maximum atomic E-state index is 15.2. The van der Waals surface area contributed by atoms with Gasteiger partial charge in [-0.15, -0.1) is 13.2 Å². The van der Waals surface area contributed by atoms with Gasteiger partial charge in [0.15, 0.2) is 0 Å². The Morgan fingerprint density at radius 3 is 2.38 bits per heavy atom. The number of anilines is 2. The number of carbonyl (C=O) groups excluding carboxylic acids is 3. The first-order valence-corrected chi connectivity index (χ1v) is 17.6. The van der Waals surface area contributed by atoms with Gasteiger partial charge >= 0.3 is 0 Å². The van der Waals surface area contributed by atoms with Crippen LogP contribution in [-0.4, -0.2) is 77.8 Å². The summed E-state index contributed by atoms with van der Waals surface area (Å²) >= 11 is 6.73. The highest BCUT2D eigenvalue weighted by Gasteiger charge is 2.75. The number of carbonyl (C=O) groups is 3. The van der Waals surface area contributed by atoms with E-state index in [9.17, 15) is 14.7 Å². The molecule has 1 N–H and O–H groups in total. The Labute approximate surface area is 298 Å². The van der Waals surface area contributed by atoms with Gasteiger partial charge < -0.3 is 29.3 Å². The first-order chi connectivity index (χ1) is 24.2. The fraction of sp³-hybridized carbons (Fsp3) is 0.375. The lowest BCUT2D eigenvalue weighted by Crippen LogP contribution is -2.59. The molecule has 262 valence electrons. The van der Waals surface area contributed by atoms with E-state index in [1.807, 2.05) is 68.4 Å². The van der Waals surface area contributed by atoms with Gasteiger partial charge in [-0.2, -0.15) is 0 Å². The van der Waals surface area contributed by atoms with E-state index in [1.54, 1.807) is 40.2 Å². The van der Waals surface area contributed by atoms with Crippen LogP contribution in [0.25, 0.3) is 0 Å². The van der Waals surface area contributed by atoms with Crippen LogP contribution in [0, 0.1) is 18.8 Å². The number of halogens is 1. The van der Waals surface area contributed by atoms with Gasteiger partial charge in [0.05, 0.1) is 47.9 Å². The zero-order chi connectivity index (χ0) is 35.6. The standard InChI is InChI=1S/C40H44ClN3O6/c1-5-22-42(28-16-18-30(19-17-28)49-7-3)37(46)33-32-20-21-40(50-32)34(33)38(47)44(29(25-45)24-27-13-9-8-10-14-27)36(40)39(48)43(23-6-2)35-26(4)12-11-15-31(35)41/h5-6,8-19,29,32-34,36,45H,1-2,7,20-25H2,3-4H3/t29-,32+,33-,34+,36?,40?/m1/s1. The van der Waals surface area contributed by atoms with Crippen LogP contribution in [0.1, 0.15) is 30.9 Å². The molecule has 3 aromatic carbocycles. The number of nitrogens with zero attached hydrogens (tertiary/aromatic N) is 3. The number of amides is 3. The molecule has 6 atom stereocenters. The monoisotopic (exact) mass is 697 g/mol. The van der Waals surface area contributed by atoms with Gasteiger partial charge in [0.1, 0.15) is 17.4 Å². The molecule has 0 radical (unpaired) electrons. The lowest BCUT2D eigenvalue weighted by atomic mass is 9.70. The number of hydrogen-bond acceptors (Lipinski definition) is 6. The van der Waals surface area contributed by atoms with E-state index < -0.39 is 48.1 Å². The van der Waals surface area contributed by atoms with Crippen molar-refractivity contribution in [1.82, 2.24) is 4.90 Å². The molecule has 3 aromatic rings. The maximum Gasteiger partial charge on any atom is 0.253 e. The highest BCUT2D eigenvalue weighted by atomic mass is 35.5. The van der Waals surface area contributed by atoms with Crippen LogP contribution in [0.3, 0.4) is 0 Å². The Hall–Kier alpha value is -4.44. The minimum Gasteiger partial charge on any atom is -0.494 e. The summed E-state index contributed by atoms with van der Waals surface area (Å²) in [6.07, 6.45) is 3.90. The van der Waals surface area contributed by atoms with E-state index in [2.05, 4.69) is 13.2 Å². The molecule has 9 nitrogen and oxygen atoms in total. The van der Waals surface area contributed by atoms with E-state index in [-0.39, 0.29) is 24.9 Å². The summed E-state index contributed by atoms with van der Waals surface area (Å²) in [5.74, 6) is -2.17. The van der Waals surface area contributed by atoms with E-state index >= 15 is 4.79 Å². The minimum absolute atomic E-state index is 0.127. The zero-order valence-corrected chi connectivity index (χ0v) is 29.3. The molecular formula is C40H44ClN3O6. The van der Waals surface area contributed by atoms with Crippen LogP contribution < -0.4 is 14.5 Å². The van der Waals surface area contributed by atoms with E-state index in [0.29, 0.717) is 48.0 Å². The molecule has 6 rings (SSSR count). The largest absolute Gasteiger partial charge is 0.494 e. The Morgan fingerprint density at radius 1 is 1.04 bits per heavy atom. The average Bonchev–Trinajstić information content (AvgIpc) is 3.77. The molecule has 2 bridgehead atoms. The van der Waals surface area contributed by atoms with E-state index in [1.165, 1.54) is 4.90 Å². The second-order valence-corrected chi connectivity index (χ2v) is 13.5. The fourth-order valence-corrected chi connectivity index (χ4v) is 8.56. The summed E-state index contributed by atoms with van der Waals surface area (Å²) in [7, 11) is 0. The number of fused-ring (bicyclic) bond motifs is 1. The van der Waals surface area contributed by atoms with Gasteiger partial charge in [-0.3, -0.25) is 14.4 Å². The van der Waals surface area contributed by atoms with Gasteiger partial charge in [-0.05, 0) is 74.6 Å². The lowest BCUT2D eigenvalue weighted by Gasteiger charge is -2.39. The number of hydrogen-bond donors (Lipinski definition) is 1. The summed E-state index contributed by atoms with van der Waals surface area (Å²) in [4.78, 5) is 49.5. The van der Waals surface area contributed by atoms with Crippen molar-refractivity contribution in [2.75, 3.05) is 36.1 Å². The van der Waals surface area contributed by atoms with Crippen LogP contribution >= 0.6 is 11.6 Å². The molecule has 1 spiro atoms. The number of aliphatic hydroxyl groups excluding tert-OH is 1. The molecule has 50 heavy (non-hydrogen) atoms. The topological polar surface area (TPSA) is 99.6 Å². The Balaban J connectivity index is 1.45. The number of rotatable bonds is 14. The summed E-state index contributed by atoms with van der Waals surface area (Å²) in [5.41, 5.74) is 1.53. The quantitative estimate of drug-likeness (QED) is 0.215. The SMILES string of the molecule is C=CCN(C(=O)[C@@H]1[C@@H]2CCC3(O2)C(C(=O)N(CC=C)c2c(C)cccc2Cl)N([C@@H](CO)Cc2ccccc2)C(=O)[C@H]13)c1ccc(OCC)cc1. The predicted octanol–water partition coefficient (Wildman–Crippen LogP) is 5.76. The maximum absolute atomic E-state index is 15.2. The molecule has 2 unspecified atom stereocenters. The highest BCUT2D eigenvalue weighted by molar-refractivity contribution is 6.34. The van der Waals surface area contributed by atoms with Crippen molar-refractivity contribution in [2.45, 2.75) is 56.9 Å². The average molecular weight is 698 g/mol. The Morgan fingerprint density at radius 2 is 1.74 bits per heavy atom. The number of aliphatic hydroxyl groups is 1. The van der Waals surface area contributed by atoms with E-state index in [4.69, 9.17) is 21.1 Å². The summed E-state index contributed by atoms with van der Waals surface area (Å²) in [6.45, 7) is 12.0. The summed E-state index contributed by atoms with van der Waals surface area (Å²) < 4.78 is 12.4. The molecule has 3 aliphatic heterocycles. The van der Waals surface area contributed by atoms with Gasteiger partial charge in [0.2, 0.25) is 11.8 Å². The fourth-order valence-electron chi connectivity index (χ4n) is 8.24.